The van der Waals surface area contributed by atoms with E-state index in [1.165, 1.54) is 19.3 Å². The van der Waals surface area contributed by atoms with Crippen molar-refractivity contribution < 1.29 is 5.17 Å². The van der Waals surface area contributed by atoms with Crippen molar-refractivity contribution in [2.45, 2.75) is 38.1 Å². The number of hydrogen-bond acceptors (Lipinski definition) is 2. The highest BCUT2D eigenvalue weighted by Gasteiger charge is 2.16. The maximum atomic E-state index is 10.6. The predicted molar refractivity (Wildman–Crippen MR) is 35.4 cm³/mol. The largest absolute Gasteiger partial charge is 0.613 e. The molecular formula is C6H14N2O. The van der Waals surface area contributed by atoms with Gasteiger partial charge in [-0.2, -0.15) is 5.84 Å². The highest BCUT2D eigenvalue weighted by atomic mass is 16.5. The van der Waals surface area contributed by atoms with E-state index >= 15 is 0 Å². The van der Waals surface area contributed by atoms with Crippen LogP contribution in [0.5, 0.6) is 0 Å². The third-order valence-corrected chi connectivity index (χ3v) is 2.01. The first-order valence-electron chi connectivity index (χ1n) is 3.60. The molecule has 0 amide bonds. The second-order valence-electron chi connectivity index (χ2n) is 2.74. The van der Waals surface area contributed by atoms with E-state index in [4.69, 9.17) is 5.84 Å². The molecule has 1 saturated carbocycles. The second-order valence-corrected chi connectivity index (χ2v) is 2.74. The van der Waals surface area contributed by atoms with Gasteiger partial charge in [0.05, 0.1) is 0 Å². The Bertz CT molecular complexity index is 79.1. The highest BCUT2D eigenvalue weighted by molar-refractivity contribution is 4.62. The first kappa shape index (κ1) is 6.99. The van der Waals surface area contributed by atoms with Gasteiger partial charge in [0.1, 0.15) is 6.04 Å². The SMILES string of the molecule is N[NH+]([O-])C1CCCCC1. The molecule has 0 aromatic carbocycles. The fourth-order valence-electron chi connectivity index (χ4n) is 1.39. The molecule has 1 fully saturated rings. The first-order chi connectivity index (χ1) is 4.30. The lowest BCUT2D eigenvalue weighted by atomic mass is 9.96. The summed E-state index contributed by atoms with van der Waals surface area (Å²) >= 11 is 0. The maximum absolute atomic E-state index is 10.6. The lowest BCUT2D eigenvalue weighted by Crippen LogP contribution is -3.17. The molecule has 3 N–H and O–H groups in total. The summed E-state index contributed by atoms with van der Waals surface area (Å²) in [6.45, 7) is 0. The molecule has 1 atom stereocenters. The van der Waals surface area contributed by atoms with Gasteiger partial charge in [0.2, 0.25) is 0 Å². The van der Waals surface area contributed by atoms with Crippen LogP contribution in [-0.4, -0.2) is 6.04 Å². The standard InChI is InChI=1S/C6H14N2O/c7-8(9)6-4-2-1-3-5-6/h6,8H,1-5,7H2. The van der Waals surface area contributed by atoms with Crippen LogP contribution in [0.25, 0.3) is 0 Å². The summed E-state index contributed by atoms with van der Waals surface area (Å²) in [5.74, 6) is 5.13. The van der Waals surface area contributed by atoms with Crippen LogP contribution in [0.1, 0.15) is 32.1 Å². The van der Waals surface area contributed by atoms with E-state index in [0.29, 0.717) is 0 Å². The summed E-state index contributed by atoms with van der Waals surface area (Å²) in [5, 5.41) is 10.5. The predicted octanol–water partition coefficient (Wildman–Crippen LogP) is -0.425. The van der Waals surface area contributed by atoms with Gasteiger partial charge in [-0.1, -0.05) is 6.42 Å². The van der Waals surface area contributed by atoms with Crippen LogP contribution in [-0.2, 0) is 0 Å². The van der Waals surface area contributed by atoms with Crippen LogP contribution in [0, 0.1) is 5.21 Å². The molecule has 0 radical (unpaired) electrons. The van der Waals surface area contributed by atoms with Crippen molar-refractivity contribution in [1.29, 1.82) is 0 Å². The maximum Gasteiger partial charge on any atom is 0.104 e. The molecule has 54 valence electrons. The monoisotopic (exact) mass is 130 g/mol. The topological polar surface area (TPSA) is 53.5 Å². The van der Waals surface area contributed by atoms with Crippen LogP contribution in [0.4, 0.5) is 0 Å². The van der Waals surface area contributed by atoms with Crippen molar-refractivity contribution in [2.24, 2.45) is 5.84 Å². The molecule has 0 spiro atoms. The molecule has 0 bridgehead atoms. The van der Waals surface area contributed by atoms with Gasteiger partial charge in [-0.25, -0.2) is 0 Å². The fraction of sp³-hybridized carbons (Fsp3) is 1.00. The smallest absolute Gasteiger partial charge is 0.104 e. The van der Waals surface area contributed by atoms with Crippen LogP contribution >= 0.6 is 0 Å². The lowest BCUT2D eigenvalue weighted by Gasteiger charge is -2.28. The minimum absolute atomic E-state index is 0.102. The van der Waals surface area contributed by atoms with Gasteiger partial charge in [-0.15, -0.1) is 0 Å². The van der Waals surface area contributed by atoms with Crippen molar-refractivity contribution in [3.63, 3.8) is 0 Å². The van der Waals surface area contributed by atoms with Crippen LogP contribution in [0.15, 0.2) is 0 Å². The van der Waals surface area contributed by atoms with Crippen LogP contribution in [0.2, 0.25) is 0 Å². The molecule has 9 heavy (non-hydrogen) atoms. The molecule has 3 nitrogen and oxygen atoms in total. The molecule has 3 heteroatoms. The van der Waals surface area contributed by atoms with E-state index in [9.17, 15) is 5.21 Å². The molecule has 0 aromatic heterocycles. The van der Waals surface area contributed by atoms with Crippen molar-refractivity contribution in [1.82, 2.24) is 0 Å². The normalized spacial score (nSPS) is 26.0. The van der Waals surface area contributed by atoms with E-state index in [1.54, 1.807) is 0 Å². The number of hydrogen-bond donors (Lipinski definition) is 2. The Hall–Kier alpha value is -0.120. The minimum Gasteiger partial charge on any atom is -0.613 e. The Balaban J connectivity index is 2.23. The average molecular weight is 130 g/mol. The Morgan fingerprint density at radius 2 is 1.78 bits per heavy atom. The Morgan fingerprint density at radius 1 is 1.22 bits per heavy atom. The fourth-order valence-corrected chi connectivity index (χ4v) is 1.39. The van der Waals surface area contributed by atoms with Gasteiger partial charge >= 0.3 is 0 Å². The number of nitrogens with two attached hydrogens (primary N) is 1. The molecule has 1 aliphatic rings. The molecule has 1 aliphatic carbocycles. The van der Waals surface area contributed by atoms with E-state index in [2.05, 4.69) is 0 Å². The Morgan fingerprint density at radius 3 is 2.11 bits per heavy atom. The number of quaternary nitrogens is 1. The van der Waals surface area contributed by atoms with Crippen molar-refractivity contribution in [2.75, 3.05) is 0 Å². The summed E-state index contributed by atoms with van der Waals surface area (Å²) in [6, 6.07) is 0.193. The molecular weight excluding hydrogens is 116 g/mol. The first-order valence-corrected chi connectivity index (χ1v) is 3.60. The van der Waals surface area contributed by atoms with Crippen LogP contribution < -0.4 is 11.0 Å². The molecule has 0 aromatic rings. The zero-order valence-corrected chi connectivity index (χ0v) is 5.60. The van der Waals surface area contributed by atoms with Gasteiger partial charge in [0.15, 0.2) is 0 Å². The third kappa shape index (κ3) is 1.93. The average Bonchev–Trinajstić information content (AvgIpc) is 1.90. The molecule has 0 heterocycles. The van der Waals surface area contributed by atoms with Crippen LogP contribution in [0.3, 0.4) is 0 Å². The van der Waals surface area contributed by atoms with E-state index < -0.39 is 0 Å². The van der Waals surface area contributed by atoms with Gasteiger partial charge in [0.25, 0.3) is 0 Å². The highest BCUT2D eigenvalue weighted by Crippen LogP contribution is 2.14. The molecule has 0 saturated heterocycles. The van der Waals surface area contributed by atoms with Gasteiger partial charge in [-0.3, -0.25) is 5.17 Å². The Kier molecular flexibility index (Phi) is 2.45. The van der Waals surface area contributed by atoms with Gasteiger partial charge in [0, 0.05) is 12.8 Å². The summed E-state index contributed by atoms with van der Waals surface area (Å²) in [6.07, 6.45) is 5.70. The summed E-state index contributed by atoms with van der Waals surface area (Å²) < 4.78 is 0. The molecule has 0 aliphatic heterocycles. The Labute approximate surface area is 55.4 Å². The quantitative estimate of drug-likeness (QED) is 0.374. The third-order valence-electron chi connectivity index (χ3n) is 2.01. The van der Waals surface area contributed by atoms with E-state index in [1.807, 2.05) is 0 Å². The van der Waals surface area contributed by atoms with Crippen molar-refractivity contribution >= 4 is 0 Å². The van der Waals surface area contributed by atoms with E-state index in [-0.39, 0.29) is 11.2 Å². The lowest BCUT2D eigenvalue weighted by molar-refractivity contribution is -0.889. The van der Waals surface area contributed by atoms with E-state index in [0.717, 1.165) is 12.8 Å². The summed E-state index contributed by atoms with van der Waals surface area (Å²) in [4.78, 5) is 0. The number of hydroxylamine groups is 1. The zero-order chi connectivity index (χ0) is 6.69. The summed E-state index contributed by atoms with van der Waals surface area (Å²) in [5.41, 5.74) is 0. The minimum atomic E-state index is -0.102. The summed E-state index contributed by atoms with van der Waals surface area (Å²) in [7, 11) is 0. The second kappa shape index (κ2) is 3.15. The zero-order valence-electron chi connectivity index (χ0n) is 5.60. The van der Waals surface area contributed by atoms with Crippen molar-refractivity contribution in [3.8, 4) is 0 Å². The van der Waals surface area contributed by atoms with Gasteiger partial charge in [-0.05, 0) is 12.8 Å². The molecule has 1 rings (SSSR count). The van der Waals surface area contributed by atoms with Gasteiger partial charge < -0.3 is 5.21 Å². The number of nitrogens with one attached hydrogen (secondary N) is 1. The van der Waals surface area contributed by atoms with Crippen molar-refractivity contribution in [3.05, 3.63) is 5.21 Å². The molecule has 1 unspecified atom stereocenters. The number of rotatable bonds is 1.